The van der Waals surface area contributed by atoms with Crippen molar-refractivity contribution >= 4 is 22.6 Å². The molecular weight excluding hydrogens is 336 g/mol. The number of anilines is 1. The van der Waals surface area contributed by atoms with Crippen molar-refractivity contribution in [1.29, 1.82) is 0 Å². The number of aryl methyl sites for hydroxylation is 3. The molecule has 3 aromatic carbocycles. The number of aromatic nitrogens is 3. The predicted octanol–water partition coefficient (Wildman–Crippen LogP) is 4.60. The number of rotatable bonds is 3. The fraction of sp³-hybridized carbons (Fsp3) is 0.136. The average molecular weight is 356 g/mol. The van der Waals surface area contributed by atoms with E-state index in [1.54, 1.807) is 4.80 Å². The zero-order valence-corrected chi connectivity index (χ0v) is 15.5. The zero-order chi connectivity index (χ0) is 19.0. The van der Waals surface area contributed by atoms with Crippen molar-refractivity contribution in [2.45, 2.75) is 20.8 Å². The summed E-state index contributed by atoms with van der Waals surface area (Å²) in [5.74, 6) is -0.136. The van der Waals surface area contributed by atoms with Crippen LogP contribution in [0.3, 0.4) is 0 Å². The van der Waals surface area contributed by atoms with Crippen LogP contribution in [0.1, 0.15) is 27.0 Å². The molecule has 0 spiro atoms. The van der Waals surface area contributed by atoms with Crippen LogP contribution in [0.5, 0.6) is 0 Å². The minimum Gasteiger partial charge on any atom is -0.322 e. The van der Waals surface area contributed by atoms with Gasteiger partial charge in [0.15, 0.2) is 0 Å². The molecule has 0 saturated carbocycles. The molecule has 0 aliphatic carbocycles. The highest BCUT2D eigenvalue weighted by Crippen LogP contribution is 2.19. The van der Waals surface area contributed by atoms with Gasteiger partial charge >= 0.3 is 0 Å². The maximum absolute atomic E-state index is 12.5. The second-order valence-corrected chi connectivity index (χ2v) is 6.78. The Morgan fingerprint density at radius 1 is 0.815 bits per heavy atom. The number of fused-ring (bicyclic) bond motifs is 1. The fourth-order valence-electron chi connectivity index (χ4n) is 2.87. The number of carbonyl (C=O) groups is 1. The fourth-order valence-corrected chi connectivity index (χ4v) is 2.87. The molecular formula is C22H20N4O. The largest absolute Gasteiger partial charge is 0.322 e. The minimum atomic E-state index is -0.136. The predicted molar refractivity (Wildman–Crippen MR) is 107 cm³/mol. The Morgan fingerprint density at radius 2 is 1.56 bits per heavy atom. The van der Waals surface area contributed by atoms with Gasteiger partial charge in [-0.05, 0) is 74.4 Å². The van der Waals surface area contributed by atoms with Gasteiger partial charge in [-0.25, -0.2) is 0 Å². The van der Waals surface area contributed by atoms with E-state index in [0.29, 0.717) is 11.3 Å². The molecule has 1 amide bonds. The average Bonchev–Trinajstić information content (AvgIpc) is 3.07. The molecule has 27 heavy (non-hydrogen) atoms. The quantitative estimate of drug-likeness (QED) is 0.584. The number of benzene rings is 3. The van der Waals surface area contributed by atoms with Crippen molar-refractivity contribution < 1.29 is 4.79 Å². The third kappa shape index (κ3) is 3.44. The van der Waals surface area contributed by atoms with Crippen LogP contribution in [0, 0.1) is 20.8 Å². The summed E-state index contributed by atoms with van der Waals surface area (Å²) in [6.07, 6.45) is 0. The summed E-state index contributed by atoms with van der Waals surface area (Å²) in [7, 11) is 0. The second-order valence-electron chi connectivity index (χ2n) is 6.78. The smallest absolute Gasteiger partial charge is 0.255 e. The summed E-state index contributed by atoms with van der Waals surface area (Å²) < 4.78 is 0. The molecule has 0 atom stereocenters. The van der Waals surface area contributed by atoms with Gasteiger partial charge in [-0.1, -0.05) is 23.8 Å². The first kappa shape index (κ1) is 17.0. The summed E-state index contributed by atoms with van der Waals surface area (Å²) in [5.41, 5.74) is 7.19. The third-order valence-electron chi connectivity index (χ3n) is 4.67. The van der Waals surface area contributed by atoms with Gasteiger partial charge in [0.05, 0.1) is 5.69 Å². The van der Waals surface area contributed by atoms with Crippen LogP contribution in [0.25, 0.3) is 16.7 Å². The van der Waals surface area contributed by atoms with Crippen molar-refractivity contribution in [3.63, 3.8) is 0 Å². The van der Waals surface area contributed by atoms with E-state index in [9.17, 15) is 4.79 Å². The lowest BCUT2D eigenvalue weighted by Crippen LogP contribution is -2.12. The van der Waals surface area contributed by atoms with Gasteiger partial charge in [0, 0.05) is 11.3 Å². The van der Waals surface area contributed by atoms with Crippen LogP contribution < -0.4 is 5.32 Å². The Hall–Kier alpha value is -3.47. The van der Waals surface area contributed by atoms with Gasteiger partial charge in [0.2, 0.25) is 0 Å². The van der Waals surface area contributed by atoms with Crippen molar-refractivity contribution in [2.75, 3.05) is 5.32 Å². The highest BCUT2D eigenvalue weighted by Gasteiger charge is 2.10. The Bertz CT molecular complexity index is 1140. The molecule has 0 radical (unpaired) electrons. The van der Waals surface area contributed by atoms with Gasteiger partial charge in [-0.15, -0.1) is 10.2 Å². The molecule has 0 unspecified atom stereocenters. The number of nitrogens with zero attached hydrogens (tertiary/aromatic N) is 3. The second kappa shape index (κ2) is 6.68. The highest BCUT2D eigenvalue weighted by molar-refractivity contribution is 6.05. The van der Waals surface area contributed by atoms with E-state index in [2.05, 4.69) is 15.5 Å². The van der Waals surface area contributed by atoms with E-state index >= 15 is 0 Å². The maximum Gasteiger partial charge on any atom is 0.255 e. The molecule has 0 aliphatic heterocycles. The highest BCUT2D eigenvalue weighted by atomic mass is 16.1. The minimum absolute atomic E-state index is 0.136. The number of hydrogen-bond donors (Lipinski definition) is 1. The van der Waals surface area contributed by atoms with Crippen LogP contribution in [0.4, 0.5) is 5.69 Å². The van der Waals surface area contributed by atoms with Crippen molar-refractivity contribution in [3.05, 3.63) is 82.9 Å². The molecule has 0 aliphatic rings. The van der Waals surface area contributed by atoms with Crippen LogP contribution in [0.2, 0.25) is 0 Å². The molecule has 4 aromatic rings. The molecule has 0 bridgehead atoms. The third-order valence-corrected chi connectivity index (χ3v) is 4.67. The lowest BCUT2D eigenvalue weighted by molar-refractivity contribution is 0.102. The summed E-state index contributed by atoms with van der Waals surface area (Å²) in [5, 5.41) is 12.0. The SMILES string of the molecule is Cc1ccc(-n2nc3ccc(NC(=O)c4ccc(C)c(C)c4)cc3n2)cc1. The molecule has 1 N–H and O–H groups in total. The molecule has 5 nitrogen and oxygen atoms in total. The number of hydrogen-bond acceptors (Lipinski definition) is 3. The molecule has 4 rings (SSSR count). The first-order chi connectivity index (χ1) is 13.0. The number of amides is 1. The molecule has 0 saturated heterocycles. The van der Waals surface area contributed by atoms with Crippen molar-refractivity contribution in [2.24, 2.45) is 0 Å². The van der Waals surface area contributed by atoms with Crippen LogP contribution in [0.15, 0.2) is 60.7 Å². The summed E-state index contributed by atoms with van der Waals surface area (Å²) >= 11 is 0. The van der Waals surface area contributed by atoms with E-state index in [4.69, 9.17) is 0 Å². The molecule has 0 fully saturated rings. The lowest BCUT2D eigenvalue weighted by Gasteiger charge is -2.07. The van der Waals surface area contributed by atoms with Crippen LogP contribution in [-0.2, 0) is 0 Å². The van der Waals surface area contributed by atoms with Crippen LogP contribution >= 0.6 is 0 Å². The molecule has 1 aromatic heterocycles. The van der Waals surface area contributed by atoms with Gasteiger partial charge in [-0.2, -0.15) is 4.80 Å². The van der Waals surface area contributed by atoms with Gasteiger partial charge < -0.3 is 5.32 Å². The Kier molecular flexibility index (Phi) is 4.20. The monoisotopic (exact) mass is 356 g/mol. The van der Waals surface area contributed by atoms with Gasteiger partial charge in [-0.3, -0.25) is 4.79 Å². The zero-order valence-electron chi connectivity index (χ0n) is 15.5. The molecule has 5 heteroatoms. The Morgan fingerprint density at radius 3 is 2.30 bits per heavy atom. The lowest BCUT2D eigenvalue weighted by atomic mass is 10.1. The molecule has 1 heterocycles. The van der Waals surface area contributed by atoms with E-state index in [0.717, 1.165) is 22.3 Å². The standard InChI is InChI=1S/C22H20N4O/c1-14-4-9-19(10-5-14)26-24-20-11-8-18(13-21(20)25-26)23-22(27)17-7-6-15(2)16(3)12-17/h4-13H,1-3H3,(H,23,27). The first-order valence-corrected chi connectivity index (χ1v) is 8.82. The number of nitrogens with one attached hydrogen (secondary N) is 1. The summed E-state index contributed by atoms with van der Waals surface area (Å²) in [4.78, 5) is 14.1. The first-order valence-electron chi connectivity index (χ1n) is 8.82. The van der Waals surface area contributed by atoms with E-state index in [-0.39, 0.29) is 5.91 Å². The maximum atomic E-state index is 12.5. The van der Waals surface area contributed by atoms with Crippen molar-refractivity contribution in [1.82, 2.24) is 15.0 Å². The summed E-state index contributed by atoms with van der Waals surface area (Å²) in [6, 6.07) is 19.3. The van der Waals surface area contributed by atoms with E-state index in [1.165, 1.54) is 11.1 Å². The summed E-state index contributed by atoms with van der Waals surface area (Å²) in [6.45, 7) is 6.07. The molecule has 134 valence electrons. The van der Waals surface area contributed by atoms with E-state index < -0.39 is 0 Å². The Balaban J connectivity index is 1.60. The topological polar surface area (TPSA) is 59.8 Å². The van der Waals surface area contributed by atoms with Gasteiger partial charge in [0.25, 0.3) is 5.91 Å². The van der Waals surface area contributed by atoms with E-state index in [1.807, 2.05) is 81.4 Å². The number of carbonyl (C=O) groups excluding carboxylic acids is 1. The van der Waals surface area contributed by atoms with Crippen LogP contribution in [-0.4, -0.2) is 20.9 Å². The van der Waals surface area contributed by atoms with Gasteiger partial charge in [0.1, 0.15) is 11.0 Å². The van der Waals surface area contributed by atoms with Crippen molar-refractivity contribution in [3.8, 4) is 5.69 Å². The Labute approximate surface area is 157 Å². The normalized spacial score (nSPS) is 10.9.